The fourth-order valence-corrected chi connectivity index (χ4v) is 4.39. The molecule has 3 amide bonds. The molecule has 1 unspecified atom stereocenters. The van der Waals surface area contributed by atoms with Crippen LogP contribution < -0.4 is 10.2 Å². The van der Waals surface area contributed by atoms with Gasteiger partial charge in [0.15, 0.2) is 0 Å². The SMILES string of the molecule is CC12CCC(=O)N1c1ccccc1C(=O)N2CC(=O)Nc1ccccc1-n1cncn1. The Balaban J connectivity index is 1.45. The van der Waals surface area contributed by atoms with E-state index in [1.807, 2.05) is 25.1 Å². The van der Waals surface area contributed by atoms with Gasteiger partial charge in [-0.1, -0.05) is 24.3 Å². The van der Waals surface area contributed by atoms with E-state index >= 15 is 0 Å². The summed E-state index contributed by atoms with van der Waals surface area (Å²) < 4.78 is 1.55. The molecule has 2 aliphatic rings. The van der Waals surface area contributed by atoms with Crippen LogP contribution in [0.15, 0.2) is 61.2 Å². The maximum atomic E-state index is 13.3. The molecule has 0 radical (unpaired) electrons. The highest BCUT2D eigenvalue weighted by molar-refractivity contribution is 6.11. The number of anilines is 2. The zero-order valence-corrected chi connectivity index (χ0v) is 16.9. The van der Waals surface area contributed by atoms with Gasteiger partial charge < -0.3 is 10.2 Å². The molecular formula is C22H20N6O3. The predicted octanol–water partition coefficient (Wildman–Crippen LogP) is 2.20. The first-order valence-corrected chi connectivity index (χ1v) is 9.97. The normalized spacial score (nSPS) is 19.9. The second-order valence-corrected chi connectivity index (χ2v) is 7.76. The number of benzene rings is 2. The lowest BCUT2D eigenvalue weighted by Gasteiger charge is -2.48. The molecule has 1 saturated heterocycles. The fraction of sp³-hybridized carbons (Fsp3) is 0.227. The summed E-state index contributed by atoms with van der Waals surface area (Å²) in [6.45, 7) is 1.65. The average molecular weight is 416 g/mol. The monoisotopic (exact) mass is 416 g/mol. The summed E-state index contributed by atoms with van der Waals surface area (Å²) in [6.07, 6.45) is 3.74. The topological polar surface area (TPSA) is 100 Å². The number of amides is 3. The number of fused-ring (bicyclic) bond motifs is 3. The van der Waals surface area contributed by atoms with Crippen LogP contribution in [0.25, 0.3) is 5.69 Å². The van der Waals surface area contributed by atoms with Gasteiger partial charge in [-0.2, -0.15) is 5.10 Å². The van der Waals surface area contributed by atoms with Gasteiger partial charge in [-0.05, 0) is 37.6 Å². The van der Waals surface area contributed by atoms with Gasteiger partial charge in [0.2, 0.25) is 11.8 Å². The number of nitrogens with one attached hydrogen (secondary N) is 1. The Morgan fingerprint density at radius 2 is 1.84 bits per heavy atom. The van der Waals surface area contributed by atoms with Crippen molar-refractivity contribution in [3.05, 3.63) is 66.7 Å². The number of aromatic nitrogens is 3. The van der Waals surface area contributed by atoms with Gasteiger partial charge >= 0.3 is 0 Å². The molecule has 0 bridgehead atoms. The minimum absolute atomic E-state index is 0.0515. The van der Waals surface area contributed by atoms with Crippen molar-refractivity contribution in [3.8, 4) is 5.69 Å². The molecular weight excluding hydrogens is 396 g/mol. The van der Waals surface area contributed by atoms with Crippen LogP contribution in [0, 0.1) is 0 Å². The largest absolute Gasteiger partial charge is 0.323 e. The summed E-state index contributed by atoms with van der Waals surface area (Å²) in [7, 11) is 0. The number of nitrogens with zero attached hydrogens (tertiary/aromatic N) is 5. The van der Waals surface area contributed by atoms with E-state index in [2.05, 4.69) is 15.4 Å². The van der Waals surface area contributed by atoms with E-state index in [1.165, 1.54) is 11.2 Å². The van der Waals surface area contributed by atoms with Crippen molar-refractivity contribution < 1.29 is 14.4 Å². The maximum absolute atomic E-state index is 13.3. The van der Waals surface area contributed by atoms with Gasteiger partial charge in [0.05, 0.1) is 22.6 Å². The molecule has 0 aliphatic carbocycles. The van der Waals surface area contributed by atoms with Crippen molar-refractivity contribution in [2.45, 2.75) is 25.4 Å². The van der Waals surface area contributed by atoms with Crippen LogP contribution in [0.5, 0.6) is 0 Å². The van der Waals surface area contributed by atoms with Crippen molar-refractivity contribution in [1.29, 1.82) is 0 Å². The lowest BCUT2D eigenvalue weighted by Crippen LogP contribution is -2.63. The van der Waals surface area contributed by atoms with Gasteiger partial charge in [-0.25, -0.2) is 9.67 Å². The van der Waals surface area contributed by atoms with Gasteiger partial charge in [0, 0.05) is 6.42 Å². The van der Waals surface area contributed by atoms with Crippen molar-refractivity contribution in [2.24, 2.45) is 0 Å². The standard InChI is InChI=1S/C22H20N6O3/c1-22-11-10-20(30)28(22)17-8-4-2-6-15(17)21(31)26(22)12-19(29)25-16-7-3-5-9-18(16)27-14-23-13-24-27/h2-9,13-14H,10-12H2,1H3,(H,25,29). The van der Waals surface area contributed by atoms with Gasteiger partial charge in [0.1, 0.15) is 24.9 Å². The van der Waals surface area contributed by atoms with Crippen molar-refractivity contribution >= 4 is 29.1 Å². The minimum atomic E-state index is -0.884. The highest BCUT2D eigenvalue weighted by Crippen LogP contribution is 2.43. The van der Waals surface area contributed by atoms with Gasteiger partial charge in [0.25, 0.3) is 5.91 Å². The first-order chi connectivity index (χ1) is 15.0. The van der Waals surface area contributed by atoms with Crippen LogP contribution in [0.1, 0.15) is 30.1 Å². The average Bonchev–Trinajstić information content (AvgIpc) is 3.40. The summed E-state index contributed by atoms with van der Waals surface area (Å²) >= 11 is 0. The van der Waals surface area contributed by atoms with Crippen LogP contribution in [0.4, 0.5) is 11.4 Å². The van der Waals surface area contributed by atoms with Crippen molar-refractivity contribution in [3.63, 3.8) is 0 Å². The van der Waals surface area contributed by atoms with E-state index in [4.69, 9.17) is 0 Å². The van der Waals surface area contributed by atoms with Crippen molar-refractivity contribution in [1.82, 2.24) is 19.7 Å². The van der Waals surface area contributed by atoms with Crippen LogP contribution in [0.3, 0.4) is 0 Å². The molecule has 1 aromatic heterocycles. The van der Waals surface area contributed by atoms with E-state index in [0.29, 0.717) is 35.5 Å². The van der Waals surface area contributed by atoms with Gasteiger partial charge in [-0.15, -0.1) is 0 Å². The third-order valence-electron chi connectivity index (χ3n) is 5.89. The lowest BCUT2D eigenvalue weighted by molar-refractivity contribution is -0.120. The van der Waals surface area contributed by atoms with Gasteiger partial charge in [-0.3, -0.25) is 19.3 Å². The second kappa shape index (κ2) is 7.05. The van der Waals surface area contributed by atoms with Crippen molar-refractivity contribution in [2.75, 3.05) is 16.8 Å². The van der Waals surface area contributed by atoms with Crippen LogP contribution in [-0.4, -0.2) is 49.6 Å². The summed E-state index contributed by atoms with van der Waals surface area (Å²) in [6, 6.07) is 14.2. The second-order valence-electron chi connectivity index (χ2n) is 7.76. The van der Waals surface area contributed by atoms with E-state index in [0.717, 1.165) is 0 Å². The summed E-state index contributed by atoms with van der Waals surface area (Å²) in [5.74, 6) is -0.672. The van der Waals surface area contributed by atoms with Crippen LogP contribution >= 0.6 is 0 Å². The Bertz CT molecular complexity index is 1190. The zero-order chi connectivity index (χ0) is 21.6. The third kappa shape index (κ3) is 2.97. The van der Waals surface area contributed by atoms with E-state index < -0.39 is 5.66 Å². The van der Waals surface area contributed by atoms with Crippen LogP contribution in [0.2, 0.25) is 0 Å². The first kappa shape index (κ1) is 19.0. The lowest BCUT2D eigenvalue weighted by atomic mass is 9.98. The molecule has 1 N–H and O–H groups in total. The minimum Gasteiger partial charge on any atom is -0.323 e. The molecule has 2 aliphatic heterocycles. The number of rotatable bonds is 4. The summed E-state index contributed by atoms with van der Waals surface area (Å²) in [5, 5.41) is 6.99. The molecule has 5 rings (SSSR count). The van der Waals surface area contributed by atoms with E-state index in [1.54, 1.807) is 46.2 Å². The number of carbonyl (C=O) groups is 3. The molecule has 0 spiro atoms. The molecule has 31 heavy (non-hydrogen) atoms. The maximum Gasteiger partial charge on any atom is 0.258 e. The van der Waals surface area contributed by atoms with E-state index in [9.17, 15) is 14.4 Å². The molecule has 9 heteroatoms. The van der Waals surface area contributed by atoms with Crippen LogP contribution in [-0.2, 0) is 9.59 Å². The quantitative estimate of drug-likeness (QED) is 0.703. The first-order valence-electron chi connectivity index (χ1n) is 9.97. The molecule has 1 atom stereocenters. The molecule has 1 fully saturated rings. The molecule has 156 valence electrons. The number of hydrogen-bond donors (Lipinski definition) is 1. The number of hydrogen-bond acceptors (Lipinski definition) is 5. The van der Waals surface area contributed by atoms with E-state index in [-0.39, 0.29) is 24.3 Å². The Hall–Kier alpha value is -4.01. The molecule has 3 heterocycles. The highest BCUT2D eigenvalue weighted by Gasteiger charge is 2.53. The zero-order valence-electron chi connectivity index (χ0n) is 16.9. The Morgan fingerprint density at radius 3 is 2.61 bits per heavy atom. The summed E-state index contributed by atoms with van der Waals surface area (Å²) in [4.78, 5) is 46.1. The fourth-order valence-electron chi connectivity index (χ4n) is 4.39. The summed E-state index contributed by atoms with van der Waals surface area (Å²) in [5.41, 5.74) is 1.35. The molecule has 0 saturated carbocycles. The third-order valence-corrected chi connectivity index (χ3v) is 5.89. The molecule has 2 aromatic carbocycles. The Morgan fingerprint density at radius 1 is 1.10 bits per heavy atom. The molecule has 3 aromatic rings. The Labute approximate surface area is 178 Å². The predicted molar refractivity (Wildman–Crippen MR) is 113 cm³/mol. The smallest absolute Gasteiger partial charge is 0.258 e. The number of carbonyl (C=O) groups excluding carboxylic acids is 3. The Kier molecular flexibility index (Phi) is 4.32. The number of para-hydroxylation sites is 3. The highest BCUT2D eigenvalue weighted by atomic mass is 16.2. The molecule has 9 nitrogen and oxygen atoms in total.